The number of hydrogen-bond donors (Lipinski definition) is 1. The van der Waals surface area contributed by atoms with Gasteiger partial charge in [-0.15, -0.1) is 0 Å². The van der Waals surface area contributed by atoms with E-state index >= 15 is 0 Å². The molecule has 2 heteroatoms. The van der Waals surface area contributed by atoms with Crippen molar-refractivity contribution in [3.05, 3.63) is 0 Å². The summed E-state index contributed by atoms with van der Waals surface area (Å²) in [5.74, 6) is 2.79. The topological polar surface area (TPSA) is 15.3 Å². The Bertz CT molecular complexity index is 193. The number of rotatable bonds is 4. The number of nitrogens with zero attached hydrogens (tertiary/aromatic N) is 1. The summed E-state index contributed by atoms with van der Waals surface area (Å²) in [5.41, 5.74) is 0. The van der Waals surface area contributed by atoms with Crippen molar-refractivity contribution in [3.8, 4) is 0 Å². The molecule has 0 aromatic heterocycles. The molecule has 0 aliphatic carbocycles. The normalized spacial score (nSPS) is 37.6. The summed E-state index contributed by atoms with van der Waals surface area (Å²) in [7, 11) is 0. The second-order valence-corrected chi connectivity index (χ2v) is 5.60. The predicted molar refractivity (Wildman–Crippen MR) is 65.0 cm³/mol. The van der Waals surface area contributed by atoms with Crippen LogP contribution in [0.4, 0.5) is 0 Å². The van der Waals surface area contributed by atoms with Crippen LogP contribution in [0.5, 0.6) is 0 Å². The third-order valence-electron chi connectivity index (χ3n) is 4.24. The van der Waals surface area contributed by atoms with Crippen molar-refractivity contribution in [1.82, 2.24) is 10.2 Å². The molecule has 2 aliphatic rings. The zero-order chi connectivity index (χ0) is 10.7. The lowest BCUT2D eigenvalue weighted by atomic mass is 9.97. The lowest BCUT2D eigenvalue weighted by Crippen LogP contribution is -2.30. The molecule has 3 unspecified atom stereocenters. The van der Waals surface area contributed by atoms with Crippen LogP contribution in [0.3, 0.4) is 0 Å². The average molecular weight is 210 g/mol. The highest BCUT2D eigenvalue weighted by Gasteiger charge is 2.28. The molecule has 2 aliphatic heterocycles. The Morgan fingerprint density at radius 3 is 2.87 bits per heavy atom. The third kappa shape index (κ3) is 2.94. The average Bonchev–Trinajstić information content (AvgIpc) is 2.79. The van der Waals surface area contributed by atoms with Gasteiger partial charge in [0.15, 0.2) is 0 Å². The molecule has 0 saturated carbocycles. The van der Waals surface area contributed by atoms with Gasteiger partial charge in [-0.1, -0.05) is 20.3 Å². The van der Waals surface area contributed by atoms with Crippen LogP contribution in [0.1, 0.15) is 33.1 Å². The molecule has 1 N–H and O–H groups in total. The molecule has 0 bridgehead atoms. The molecule has 2 heterocycles. The SMILES string of the molecule is CCCC1CCN(CC2CNCC2C)C1. The van der Waals surface area contributed by atoms with Gasteiger partial charge in [-0.3, -0.25) is 0 Å². The van der Waals surface area contributed by atoms with Crippen molar-refractivity contribution >= 4 is 0 Å². The number of likely N-dealkylation sites (tertiary alicyclic amines) is 1. The predicted octanol–water partition coefficient (Wildman–Crippen LogP) is 1.96. The molecule has 0 aromatic rings. The van der Waals surface area contributed by atoms with E-state index in [1.807, 2.05) is 0 Å². The van der Waals surface area contributed by atoms with Gasteiger partial charge in [-0.25, -0.2) is 0 Å². The smallest absolute Gasteiger partial charge is 0.00249 e. The Kier molecular flexibility index (Phi) is 4.04. The van der Waals surface area contributed by atoms with Crippen LogP contribution in [-0.2, 0) is 0 Å². The van der Waals surface area contributed by atoms with Crippen molar-refractivity contribution in [1.29, 1.82) is 0 Å². The first-order chi connectivity index (χ1) is 7.29. The maximum Gasteiger partial charge on any atom is 0.00249 e. The third-order valence-corrected chi connectivity index (χ3v) is 4.24. The molecular formula is C13H26N2. The second kappa shape index (κ2) is 5.31. The first-order valence-corrected chi connectivity index (χ1v) is 6.72. The molecule has 0 spiro atoms. The summed E-state index contributed by atoms with van der Waals surface area (Å²) < 4.78 is 0. The van der Waals surface area contributed by atoms with E-state index in [1.165, 1.54) is 52.0 Å². The largest absolute Gasteiger partial charge is 0.316 e. The van der Waals surface area contributed by atoms with Crippen molar-refractivity contribution < 1.29 is 0 Å². The summed E-state index contributed by atoms with van der Waals surface area (Å²) in [6.45, 7) is 11.3. The van der Waals surface area contributed by atoms with E-state index < -0.39 is 0 Å². The standard InChI is InChI=1S/C13H26N2/c1-3-4-12-5-6-15(9-12)10-13-8-14-7-11(13)2/h11-14H,3-10H2,1-2H3. The lowest BCUT2D eigenvalue weighted by molar-refractivity contribution is 0.250. The second-order valence-electron chi connectivity index (χ2n) is 5.60. The highest BCUT2D eigenvalue weighted by atomic mass is 15.2. The molecular weight excluding hydrogens is 184 g/mol. The van der Waals surface area contributed by atoms with Crippen molar-refractivity contribution in [2.75, 3.05) is 32.7 Å². The molecule has 15 heavy (non-hydrogen) atoms. The molecule has 0 radical (unpaired) electrons. The highest BCUT2D eigenvalue weighted by Crippen LogP contribution is 2.24. The maximum atomic E-state index is 3.51. The van der Waals surface area contributed by atoms with Crippen LogP contribution < -0.4 is 5.32 Å². The molecule has 2 rings (SSSR count). The Labute approximate surface area is 94.4 Å². The van der Waals surface area contributed by atoms with Crippen LogP contribution in [0.15, 0.2) is 0 Å². The minimum Gasteiger partial charge on any atom is -0.316 e. The van der Waals surface area contributed by atoms with Gasteiger partial charge in [0.2, 0.25) is 0 Å². The van der Waals surface area contributed by atoms with E-state index in [0.29, 0.717) is 0 Å². The summed E-state index contributed by atoms with van der Waals surface area (Å²) in [6.07, 6.45) is 4.25. The van der Waals surface area contributed by atoms with E-state index in [2.05, 4.69) is 24.1 Å². The summed E-state index contributed by atoms with van der Waals surface area (Å²) in [5, 5.41) is 3.51. The summed E-state index contributed by atoms with van der Waals surface area (Å²) >= 11 is 0. The van der Waals surface area contributed by atoms with Gasteiger partial charge in [0.1, 0.15) is 0 Å². The molecule has 2 saturated heterocycles. The fourth-order valence-corrected chi connectivity index (χ4v) is 3.16. The number of hydrogen-bond acceptors (Lipinski definition) is 2. The first-order valence-electron chi connectivity index (χ1n) is 6.72. The van der Waals surface area contributed by atoms with E-state index in [-0.39, 0.29) is 0 Å². The van der Waals surface area contributed by atoms with Gasteiger partial charge in [0.05, 0.1) is 0 Å². The summed E-state index contributed by atoms with van der Waals surface area (Å²) in [6, 6.07) is 0. The highest BCUT2D eigenvalue weighted by molar-refractivity contribution is 4.83. The van der Waals surface area contributed by atoms with Crippen LogP contribution in [0.25, 0.3) is 0 Å². The summed E-state index contributed by atoms with van der Waals surface area (Å²) in [4.78, 5) is 2.70. The van der Waals surface area contributed by atoms with Crippen molar-refractivity contribution in [3.63, 3.8) is 0 Å². The van der Waals surface area contributed by atoms with Gasteiger partial charge >= 0.3 is 0 Å². The van der Waals surface area contributed by atoms with Gasteiger partial charge in [-0.05, 0) is 50.2 Å². The number of nitrogens with one attached hydrogen (secondary N) is 1. The molecule has 2 fully saturated rings. The van der Waals surface area contributed by atoms with Crippen LogP contribution in [0, 0.1) is 17.8 Å². The van der Waals surface area contributed by atoms with Gasteiger partial charge in [0, 0.05) is 13.1 Å². The minimum atomic E-state index is 0.884. The fourth-order valence-electron chi connectivity index (χ4n) is 3.16. The Morgan fingerprint density at radius 2 is 2.20 bits per heavy atom. The Balaban J connectivity index is 1.72. The van der Waals surface area contributed by atoms with E-state index in [1.54, 1.807) is 0 Å². The minimum absolute atomic E-state index is 0.884. The van der Waals surface area contributed by atoms with E-state index in [9.17, 15) is 0 Å². The molecule has 0 aromatic carbocycles. The van der Waals surface area contributed by atoms with E-state index in [4.69, 9.17) is 0 Å². The van der Waals surface area contributed by atoms with Crippen LogP contribution >= 0.6 is 0 Å². The Hall–Kier alpha value is -0.0800. The molecule has 0 amide bonds. The van der Waals surface area contributed by atoms with Crippen LogP contribution in [0.2, 0.25) is 0 Å². The molecule has 88 valence electrons. The molecule has 3 atom stereocenters. The zero-order valence-corrected chi connectivity index (χ0v) is 10.3. The Morgan fingerprint density at radius 1 is 1.33 bits per heavy atom. The molecule has 2 nitrogen and oxygen atoms in total. The fraction of sp³-hybridized carbons (Fsp3) is 1.00. The quantitative estimate of drug-likeness (QED) is 0.763. The zero-order valence-electron chi connectivity index (χ0n) is 10.3. The van der Waals surface area contributed by atoms with Gasteiger partial charge in [0.25, 0.3) is 0 Å². The van der Waals surface area contributed by atoms with Gasteiger partial charge in [-0.2, -0.15) is 0 Å². The lowest BCUT2D eigenvalue weighted by Gasteiger charge is -2.22. The van der Waals surface area contributed by atoms with E-state index in [0.717, 1.165) is 17.8 Å². The maximum absolute atomic E-state index is 3.51. The van der Waals surface area contributed by atoms with Crippen molar-refractivity contribution in [2.24, 2.45) is 17.8 Å². The monoisotopic (exact) mass is 210 g/mol. The van der Waals surface area contributed by atoms with Crippen LogP contribution in [-0.4, -0.2) is 37.6 Å². The van der Waals surface area contributed by atoms with Gasteiger partial charge < -0.3 is 10.2 Å². The first kappa shape index (κ1) is 11.4. The van der Waals surface area contributed by atoms with Crippen molar-refractivity contribution in [2.45, 2.75) is 33.1 Å².